The van der Waals surface area contributed by atoms with Crippen LogP contribution in [0.2, 0.25) is 0 Å². The highest BCUT2D eigenvalue weighted by Crippen LogP contribution is 2.48. The molecule has 0 aliphatic heterocycles. The van der Waals surface area contributed by atoms with E-state index in [0.29, 0.717) is 5.92 Å². The van der Waals surface area contributed by atoms with E-state index in [0.717, 1.165) is 11.4 Å². The van der Waals surface area contributed by atoms with Gasteiger partial charge in [0.2, 0.25) is 0 Å². The van der Waals surface area contributed by atoms with Crippen molar-refractivity contribution in [2.24, 2.45) is 0 Å². The summed E-state index contributed by atoms with van der Waals surface area (Å²) in [5.41, 5.74) is 10.1. The SMILES string of the molecule is c1ccc2c(-c3ccc(N(c4ccc(-c5ccc6c(c5)sc5ccccc56)cc4)c4cccc5c4sc4c(C6CCCCC6)cccc45)cc3)cccc2c1. The fourth-order valence-corrected chi connectivity index (χ4v) is 11.7. The molecule has 1 saturated carbocycles. The summed E-state index contributed by atoms with van der Waals surface area (Å²) in [5, 5.41) is 7.96. The summed E-state index contributed by atoms with van der Waals surface area (Å²) < 4.78 is 5.49. The fraction of sp³-hybridized carbons (Fsp3) is 0.115. The number of benzene rings is 8. The second-order valence-electron chi connectivity index (χ2n) is 15.1. The second kappa shape index (κ2) is 13.5. The van der Waals surface area contributed by atoms with E-state index in [9.17, 15) is 0 Å². The number of nitrogens with zero attached hydrogens (tertiary/aromatic N) is 1. The van der Waals surface area contributed by atoms with Gasteiger partial charge in [-0.1, -0.05) is 147 Å². The molecule has 0 N–H and O–H groups in total. The van der Waals surface area contributed by atoms with Gasteiger partial charge in [-0.2, -0.15) is 0 Å². The zero-order valence-electron chi connectivity index (χ0n) is 30.5. The summed E-state index contributed by atoms with van der Waals surface area (Å²) in [6.45, 7) is 0. The van der Waals surface area contributed by atoms with Crippen LogP contribution in [0, 0.1) is 0 Å². The molecule has 0 unspecified atom stereocenters. The van der Waals surface area contributed by atoms with Gasteiger partial charge in [0, 0.05) is 47.0 Å². The predicted molar refractivity (Wildman–Crippen MR) is 241 cm³/mol. The van der Waals surface area contributed by atoms with Crippen LogP contribution in [0.4, 0.5) is 17.1 Å². The molecule has 0 bridgehead atoms. The number of thiophene rings is 2. The van der Waals surface area contributed by atoms with E-state index >= 15 is 0 Å². The quantitative estimate of drug-likeness (QED) is 0.164. The summed E-state index contributed by atoms with van der Waals surface area (Å²) in [7, 11) is 0. The monoisotopic (exact) mass is 741 g/mol. The third-order valence-corrected chi connectivity index (χ3v) is 14.3. The maximum Gasteiger partial charge on any atom is 0.0640 e. The molecule has 0 atom stereocenters. The molecule has 2 heterocycles. The Morgan fingerprint density at radius 3 is 1.85 bits per heavy atom. The van der Waals surface area contributed by atoms with Crippen molar-refractivity contribution < 1.29 is 0 Å². The van der Waals surface area contributed by atoms with E-state index in [1.54, 1.807) is 5.56 Å². The van der Waals surface area contributed by atoms with Crippen molar-refractivity contribution in [3.8, 4) is 22.3 Å². The molecule has 0 amide bonds. The van der Waals surface area contributed by atoms with Crippen LogP contribution in [0.5, 0.6) is 0 Å². The predicted octanol–water partition coefficient (Wildman–Crippen LogP) is 16.4. The topological polar surface area (TPSA) is 3.24 Å². The molecule has 0 spiro atoms. The summed E-state index contributed by atoms with van der Waals surface area (Å²) in [4.78, 5) is 2.48. The van der Waals surface area contributed by atoms with Gasteiger partial charge in [-0.3, -0.25) is 0 Å². The van der Waals surface area contributed by atoms with Crippen molar-refractivity contribution in [3.63, 3.8) is 0 Å². The Bertz CT molecular complexity index is 3010. The first-order valence-electron chi connectivity index (χ1n) is 19.6. The number of hydrogen-bond donors (Lipinski definition) is 0. The normalized spacial score (nSPS) is 13.7. The van der Waals surface area contributed by atoms with E-state index in [1.165, 1.54) is 111 Å². The van der Waals surface area contributed by atoms with Crippen LogP contribution in [-0.4, -0.2) is 0 Å². The third kappa shape index (κ3) is 5.64. The lowest BCUT2D eigenvalue weighted by Crippen LogP contribution is -2.10. The number of rotatable bonds is 6. The van der Waals surface area contributed by atoms with E-state index in [2.05, 4.69) is 175 Å². The highest BCUT2D eigenvalue weighted by Gasteiger charge is 2.23. The van der Waals surface area contributed by atoms with Crippen molar-refractivity contribution in [3.05, 3.63) is 175 Å². The Balaban J connectivity index is 1.04. The lowest BCUT2D eigenvalue weighted by atomic mass is 9.84. The largest absolute Gasteiger partial charge is 0.309 e. The van der Waals surface area contributed by atoms with E-state index in [4.69, 9.17) is 0 Å². The van der Waals surface area contributed by atoms with Gasteiger partial charge in [0.15, 0.2) is 0 Å². The lowest BCUT2D eigenvalue weighted by molar-refractivity contribution is 0.446. The van der Waals surface area contributed by atoms with Crippen molar-refractivity contribution >= 4 is 90.9 Å². The van der Waals surface area contributed by atoms with Gasteiger partial charge in [-0.05, 0) is 99.8 Å². The molecule has 2 aromatic heterocycles. The van der Waals surface area contributed by atoms with Crippen molar-refractivity contribution in [1.29, 1.82) is 0 Å². The molecule has 3 heteroatoms. The number of hydrogen-bond acceptors (Lipinski definition) is 3. The Morgan fingerprint density at radius 1 is 0.418 bits per heavy atom. The maximum absolute atomic E-state index is 2.48. The van der Waals surface area contributed by atoms with E-state index in [1.807, 2.05) is 22.7 Å². The summed E-state index contributed by atoms with van der Waals surface area (Å²) in [6, 6.07) is 63.3. The maximum atomic E-state index is 2.48. The molecule has 0 radical (unpaired) electrons. The first-order chi connectivity index (χ1) is 27.3. The first-order valence-corrected chi connectivity index (χ1v) is 21.2. The fourth-order valence-electron chi connectivity index (χ4n) is 9.14. The third-order valence-electron chi connectivity index (χ3n) is 11.9. The average Bonchev–Trinajstić information content (AvgIpc) is 3.83. The van der Waals surface area contributed by atoms with Crippen LogP contribution >= 0.6 is 22.7 Å². The zero-order valence-corrected chi connectivity index (χ0v) is 32.2. The van der Waals surface area contributed by atoms with Gasteiger partial charge in [-0.25, -0.2) is 0 Å². The molecule has 1 nitrogen and oxygen atoms in total. The van der Waals surface area contributed by atoms with Crippen molar-refractivity contribution in [2.45, 2.75) is 38.0 Å². The second-order valence-corrected chi connectivity index (χ2v) is 17.2. The minimum absolute atomic E-state index is 0.658. The Labute approximate surface area is 329 Å². The number of anilines is 3. The molecular formula is C52H39NS2. The van der Waals surface area contributed by atoms with Crippen LogP contribution in [0.3, 0.4) is 0 Å². The van der Waals surface area contributed by atoms with E-state index < -0.39 is 0 Å². The highest BCUT2D eigenvalue weighted by molar-refractivity contribution is 7.26. The lowest BCUT2D eigenvalue weighted by Gasteiger charge is -2.26. The van der Waals surface area contributed by atoms with Gasteiger partial charge in [0.25, 0.3) is 0 Å². The highest BCUT2D eigenvalue weighted by atomic mass is 32.1. The Morgan fingerprint density at radius 2 is 1.04 bits per heavy atom. The van der Waals surface area contributed by atoms with E-state index in [-0.39, 0.29) is 0 Å². The number of fused-ring (bicyclic) bond motifs is 7. The Kier molecular flexibility index (Phi) is 8.04. The molecule has 55 heavy (non-hydrogen) atoms. The molecule has 10 aromatic rings. The van der Waals surface area contributed by atoms with Gasteiger partial charge in [0.1, 0.15) is 0 Å². The van der Waals surface area contributed by atoms with Crippen molar-refractivity contribution in [1.82, 2.24) is 0 Å². The molecule has 8 aromatic carbocycles. The van der Waals surface area contributed by atoms with Gasteiger partial charge in [0.05, 0.1) is 10.4 Å². The minimum Gasteiger partial charge on any atom is -0.309 e. The molecular weight excluding hydrogens is 703 g/mol. The molecule has 1 fully saturated rings. The standard InChI is InChI=1S/C52H39NS2/c1-2-11-36(12-3-1)43-18-9-19-46-47-20-10-21-48(52(47)55-51(43)46)53(40-30-25-37(26-31-40)42-17-8-14-35-13-4-5-15-41(35)42)39-28-23-34(24-29-39)38-27-32-45-44-16-6-7-22-49(44)54-50(45)33-38/h4-10,13-33,36H,1-3,11-12H2. The van der Waals surface area contributed by atoms with Crippen molar-refractivity contribution in [2.75, 3.05) is 4.90 Å². The van der Waals surface area contributed by atoms with Crippen LogP contribution in [0.1, 0.15) is 43.6 Å². The summed E-state index contributed by atoms with van der Waals surface area (Å²) in [5.74, 6) is 0.658. The van der Waals surface area contributed by atoms with Gasteiger partial charge < -0.3 is 4.90 Å². The smallest absolute Gasteiger partial charge is 0.0640 e. The molecule has 1 aliphatic carbocycles. The van der Waals surface area contributed by atoms with Crippen LogP contribution in [0.25, 0.3) is 73.4 Å². The van der Waals surface area contributed by atoms with Gasteiger partial charge in [-0.15, -0.1) is 22.7 Å². The average molecular weight is 742 g/mol. The minimum atomic E-state index is 0.658. The van der Waals surface area contributed by atoms with Crippen LogP contribution in [-0.2, 0) is 0 Å². The Hall–Kier alpha value is -5.74. The van der Waals surface area contributed by atoms with Crippen LogP contribution in [0.15, 0.2) is 170 Å². The molecule has 11 rings (SSSR count). The molecule has 0 saturated heterocycles. The zero-order chi connectivity index (χ0) is 36.3. The first kappa shape index (κ1) is 32.7. The summed E-state index contributed by atoms with van der Waals surface area (Å²) in [6.07, 6.45) is 6.66. The molecule has 1 aliphatic rings. The van der Waals surface area contributed by atoms with Gasteiger partial charge >= 0.3 is 0 Å². The van der Waals surface area contributed by atoms with Crippen LogP contribution < -0.4 is 4.90 Å². The summed E-state index contributed by atoms with van der Waals surface area (Å²) >= 11 is 3.87. The molecule has 264 valence electrons.